The highest BCUT2D eigenvalue weighted by molar-refractivity contribution is 7.93. The van der Waals surface area contributed by atoms with Gasteiger partial charge in [-0.15, -0.1) is 0 Å². The zero-order valence-corrected chi connectivity index (χ0v) is 16.0. The van der Waals surface area contributed by atoms with E-state index in [1.165, 1.54) is 0 Å². The lowest BCUT2D eigenvalue weighted by Crippen LogP contribution is -2.84. The number of aliphatic hydroxyl groups excluding tert-OH is 1. The van der Waals surface area contributed by atoms with Gasteiger partial charge in [0.2, 0.25) is 0 Å². The first-order valence-electron chi connectivity index (χ1n) is 7.65. The van der Waals surface area contributed by atoms with Crippen LogP contribution in [0.4, 0.5) is 8.78 Å². The first kappa shape index (κ1) is 21.8. The van der Waals surface area contributed by atoms with Gasteiger partial charge in [0, 0.05) is 11.5 Å². The fourth-order valence-electron chi connectivity index (χ4n) is 1.77. The molecular formula is C17H23F2N2O4S+. The van der Waals surface area contributed by atoms with Crippen LogP contribution in [0.3, 0.4) is 0 Å². The van der Waals surface area contributed by atoms with Crippen molar-refractivity contribution in [2.75, 3.05) is 0 Å². The van der Waals surface area contributed by atoms with Gasteiger partial charge >= 0.3 is 5.91 Å². The lowest BCUT2D eigenvalue weighted by Gasteiger charge is -2.20. The number of amides is 1. The van der Waals surface area contributed by atoms with E-state index in [2.05, 4.69) is 4.99 Å². The van der Waals surface area contributed by atoms with Gasteiger partial charge in [-0.3, -0.25) is 5.73 Å². The van der Waals surface area contributed by atoms with Crippen LogP contribution in [0.2, 0.25) is 0 Å². The Morgan fingerprint density at radius 3 is 2.19 bits per heavy atom. The zero-order valence-electron chi connectivity index (χ0n) is 15.2. The maximum absolute atomic E-state index is 13.9. The molecule has 0 unspecified atom stereocenters. The molecule has 0 aromatic heterocycles. The zero-order chi connectivity index (χ0) is 20.5. The molecule has 0 bridgehead atoms. The third kappa shape index (κ3) is 4.46. The number of rotatable bonds is 4. The number of halogens is 2. The van der Waals surface area contributed by atoms with Crippen LogP contribution >= 0.6 is 0 Å². The second kappa shape index (κ2) is 7.14. The molecule has 0 aliphatic carbocycles. The lowest BCUT2D eigenvalue weighted by molar-refractivity contribution is -0.380. The second-order valence-corrected chi connectivity index (χ2v) is 9.74. The largest absolute Gasteiger partial charge is 0.511 e. The Morgan fingerprint density at radius 2 is 1.73 bits per heavy atom. The molecule has 26 heavy (non-hydrogen) atoms. The van der Waals surface area contributed by atoms with Crippen LogP contribution < -0.4 is 10.7 Å². The molecule has 0 saturated heterocycles. The number of aliphatic hydroxyl groups is 1. The van der Waals surface area contributed by atoms with E-state index in [0.29, 0.717) is 6.07 Å². The normalized spacial score (nSPS) is 14.4. The quantitative estimate of drug-likeness (QED) is 0.308. The van der Waals surface area contributed by atoms with Crippen molar-refractivity contribution in [3.8, 4) is 0 Å². The van der Waals surface area contributed by atoms with Gasteiger partial charge in [-0.2, -0.15) is 0 Å². The molecule has 9 heteroatoms. The Morgan fingerprint density at radius 1 is 1.19 bits per heavy atom. The molecule has 0 saturated carbocycles. The van der Waals surface area contributed by atoms with Gasteiger partial charge in [-0.1, -0.05) is 20.8 Å². The highest BCUT2D eigenvalue weighted by Gasteiger charge is 2.46. The predicted octanol–water partition coefficient (Wildman–Crippen LogP) is 0.969. The molecule has 0 aliphatic rings. The number of benzene rings is 1. The Labute approximate surface area is 151 Å². The maximum atomic E-state index is 13.9. The molecule has 0 spiro atoms. The van der Waals surface area contributed by atoms with Crippen molar-refractivity contribution in [2.24, 2.45) is 11.1 Å². The molecule has 1 rings (SSSR count). The van der Waals surface area contributed by atoms with Gasteiger partial charge < -0.3 is 5.11 Å². The van der Waals surface area contributed by atoms with E-state index in [-0.39, 0.29) is 11.6 Å². The van der Waals surface area contributed by atoms with Crippen molar-refractivity contribution >= 4 is 21.6 Å². The summed E-state index contributed by atoms with van der Waals surface area (Å²) in [4.78, 5) is 13.8. The highest BCUT2D eigenvalue weighted by atomic mass is 32.2. The summed E-state index contributed by atoms with van der Waals surface area (Å²) in [7, 11) is -4.49. The number of nitrogens with two attached hydrogens (primary N) is 1. The summed E-state index contributed by atoms with van der Waals surface area (Å²) < 4.78 is 50.1. The standard InChI is InChI=1S/C17H22F2N2O4S/c1-16(2,3)13(22)9-14(20)21-15(23)17(4,5)26(24,25)12-7-6-10(18)8-11(12)19/h6-9,22H,1-5H3,(H2,20,21,23)/p+1/b13-9-. The lowest BCUT2D eigenvalue weighted by atomic mass is 9.93. The minimum atomic E-state index is -4.49. The number of nitrogens with one attached hydrogen (secondary N) is 1. The van der Waals surface area contributed by atoms with E-state index >= 15 is 0 Å². The van der Waals surface area contributed by atoms with Crippen molar-refractivity contribution in [3.05, 3.63) is 41.7 Å². The number of hydrogen-bond donors (Lipinski definition) is 3. The molecule has 6 nitrogen and oxygen atoms in total. The smallest absolute Gasteiger partial charge is 0.328 e. The number of carbonyl (C=O) groups is 1. The van der Waals surface area contributed by atoms with Crippen molar-refractivity contribution in [1.82, 2.24) is 0 Å². The molecule has 1 aromatic rings. The fourth-order valence-corrected chi connectivity index (χ4v) is 3.18. The number of hydrogen-bond acceptors (Lipinski definition) is 4. The van der Waals surface area contributed by atoms with Gasteiger partial charge in [-0.05, 0) is 26.0 Å². The van der Waals surface area contributed by atoms with E-state index in [1.54, 1.807) is 20.8 Å². The monoisotopic (exact) mass is 389 g/mol. The number of allylic oxidation sites excluding steroid dienone is 1. The van der Waals surface area contributed by atoms with Crippen LogP contribution in [-0.2, 0) is 14.6 Å². The molecule has 1 amide bonds. The van der Waals surface area contributed by atoms with Gasteiger partial charge in [0.1, 0.15) is 22.3 Å². The third-order valence-corrected chi connectivity index (χ3v) is 6.16. The molecular weight excluding hydrogens is 366 g/mol. The van der Waals surface area contributed by atoms with Crippen molar-refractivity contribution in [3.63, 3.8) is 0 Å². The first-order chi connectivity index (χ1) is 11.6. The Bertz CT molecular complexity index is 883. The van der Waals surface area contributed by atoms with Crippen LogP contribution in [-0.4, -0.2) is 30.0 Å². The molecule has 0 fully saturated rings. The van der Waals surface area contributed by atoms with Crippen LogP contribution in [0.1, 0.15) is 34.6 Å². The summed E-state index contributed by atoms with van der Waals surface area (Å²) in [6.07, 6.45) is 1.10. The van der Waals surface area contributed by atoms with Crippen LogP contribution in [0.15, 0.2) is 34.9 Å². The first-order valence-corrected chi connectivity index (χ1v) is 9.13. The summed E-state index contributed by atoms with van der Waals surface area (Å²) in [6.45, 7) is 7.26. The van der Waals surface area contributed by atoms with E-state index < -0.39 is 42.4 Å². The Kier molecular flexibility index (Phi) is 5.98. The van der Waals surface area contributed by atoms with Gasteiger partial charge in [0.15, 0.2) is 14.6 Å². The molecule has 0 heterocycles. The summed E-state index contributed by atoms with van der Waals surface area (Å²) in [5.74, 6) is -3.67. The molecule has 144 valence electrons. The Balaban J connectivity index is 3.31. The summed E-state index contributed by atoms with van der Waals surface area (Å²) in [6, 6.07) is 1.97. The fraction of sp³-hybridized carbons (Fsp3) is 0.412. The molecule has 0 atom stereocenters. The van der Waals surface area contributed by atoms with Gasteiger partial charge in [0.25, 0.3) is 5.84 Å². The minimum absolute atomic E-state index is 0.124. The van der Waals surface area contributed by atoms with E-state index in [9.17, 15) is 27.1 Å². The van der Waals surface area contributed by atoms with Crippen LogP contribution in [0, 0.1) is 17.0 Å². The summed E-state index contributed by atoms with van der Waals surface area (Å²) >= 11 is 0. The van der Waals surface area contributed by atoms with Gasteiger partial charge in [0.05, 0.1) is 6.08 Å². The minimum Gasteiger partial charge on any atom is -0.511 e. The molecule has 0 radical (unpaired) electrons. The molecule has 1 aromatic carbocycles. The number of sulfone groups is 1. The summed E-state index contributed by atoms with van der Waals surface area (Å²) in [5, 5.41) is 9.88. The van der Waals surface area contributed by atoms with Crippen molar-refractivity contribution in [1.29, 1.82) is 0 Å². The Hall–Kier alpha value is -2.29. The van der Waals surface area contributed by atoms with Gasteiger partial charge in [-0.25, -0.2) is 27.0 Å². The summed E-state index contributed by atoms with van der Waals surface area (Å²) in [5.41, 5.74) is 5.00. The van der Waals surface area contributed by atoms with Crippen LogP contribution in [0.5, 0.6) is 0 Å². The third-order valence-electron chi connectivity index (χ3n) is 3.72. The topological polar surface area (TPSA) is 111 Å². The number of carbonyl (C=O) groups excluding carboxylic acids is 1. The van der Waals surface area contributed by atoms with Crippen molar-refractivity contribution in [2.45, 2.75) is 44.3 Å². The molecule has 4 N–H and O–H groups in total. The maximum Gasteiger partial charge on any atom is 0.328 e. The van der Waals surface area contributed by atoms with E-state index in [4.69, 9.17) is 5.73 Å². The average Bonchev–Trinajstić information content (AvgIpc) is 2.45. The van der Waals surface area contributed by atoms with E-state index in [0.717, 1.165) is 32.1 Å². The highest BCUT2D eigenvalue weighted by Crippen LogP contribution is 2.27. The van der Waals surface area contributed by atoms with Crippen LogP contribution in [0.25, 0.3) is 0 Å². The number of amidine groups is 1. The van der Waals surface area contributed by atoms with E-state index in [1.807, 2.05) is 0 Å². The van der Waals surface area contributed by atoms with Crippen molar-refractivity contribution < 1.29 is 32.1 Å². The average molecular weight is 389 g/mol. The SMILES string of the molecule is CC(C)(C)/C(O)=C/C(N)=[NH+]C(=O)C(C)(C)S(=O)(=O)c1ccc(F)cc1F. The second-order valence-electron chi connectivity index (χ2n) is 7.28. The predicted molar refractivity (Wildman–Crippen MR) is 93.0 cm³/mol. The molecule has 0 aliphatic heterocycles.